The van der Waals surface area contributed by atoms with Gasteiger partial charge < -0.3 is 5.32 Å². The van der Waals surface area contributed by atoms with Gasteiger partial charge in [-0.1, -0.05) is 17.8 Å². The van der Waals surface area contributed by atoms with Crippen molar-refractivity contribution in [1.29, 1.82) is 0 Å². The maximum absolute atomic E-state index is 13.2. The van der Waals surface area contributed by atoms with Gasteiger partial charge in [-0.2, -0.15) is 4.37 Å². The van der Waals surface area contributed by atoms with Gasteiger partial charge in [-0.3, -0.25) is 4.79 Å². The summed E-state index contributed by atoms with van der Waals surface area (Å²) in [4.78, 5) is 21.0. The zero-order chi connectivity index (χ0) is 20.4. The lowest BCUT2D eigenvalue weighted by Gasteiger charge is -2.07. The van der Waals surface area contributed by atoms with Gasteiger partial charge in [0.15, 0.2) is 0 Å². The molecule has 0 saturated heterocycles. The average molecular weight is 425 g/mol. The Morgan fingerprint density at radius 3 is 2.66 bits per heavy atom. The maximum atomic E-state index is 13.2. The van der Waals surface area contributed by atoms with Gasteiger partial charge in [-0.15, -0.1) is 0 Å². The molecule has 1 N–H and O–H groups in total. The highest BCUT2D eigenvalue weighted by Crippen LogP contribution is 2.34. The maximum Gasteiger partial charge on any atom is 0.234 e. The molecule has 0 spiro atoms. The van der Waals surface area contributed by atoms with E-state index in [-0.39, 0.29) is 17.5 Å². The van der Waals surface area contributed by atoms with Crippen molar-refractivity contribution in [1.82, 2.24) is 14.3 Å². The molecule has 4 aromatic rings. The van der Waals surface area contributed by atoms with E-state index in [1.54, 1.807) is 12.1 Å². The molecule has 5 nitrogen and oxygen atoms in total. The number of nitrogens with zero attached hydrogens (tertiary/aromatic N) is 3. The zero-order valence-electron chi connectivity index (χ0n) is 15.8. The van der Waals surface area contributed by atoms with Gasteiger partial charge in [0.05, 0.1) is 5.75 Å². The number of hydrogen-bond acceptors (Lipinski definition) is 6. The molecule has 8 heteroatoms. The Morgan fingerprint density at radius 1 is 1.10 bits per heavy atom. The van der Waals surface area contributed by atoms with Gasteiger partial charge in [0.1, 0.15) is 33.1 Å². The Labute approximate surface area is 175 Å². The van der Waals surface area contributed by atoms with Crippen LogP contribution in [-0.2, 0) is 4.79 Å². The molecular weight excluding hydrogens is 407 g/mol. The van der Waals surface area contributed by atoms with E-state index in [9.17, 15) is 9.18 Å². The van der Waals surface area contributed by atoms with Crippen molar-refractivity contribution in [2.45, 2.75) is 18.9 Å². The van der Waals surface area contributed by atoms with Crippen LogP contribution in [0.25, 0.3) is 21.5 Å². The van der Waals surface area contributed by atoms with Crippen molar-refractivity contribution in [3.05, 3.63) is 65.7 Å². The zero-order valence-corrected chi connectivity index (χ0v) is 17.4. The lowest BCUT2D eigenvalue weighted by molar-refractivity contribution is -0.113. The van der Waals surface area contributed by atoms with E-state index in [1.165, 1.54) is 47.3 Å². The molecule has 0 atom stereocenters. The number of anilines is 1. The van der Waals surface area contributed by atoms with E-state index in [4.69, 9.17) is 0 Å². The van der Waals surface area contributed by atoms with Crippen LogP contribution in [0.1, 0.15) is 11.1 Å². The summed E-state index contributed by atoms with van der Waals surface area (Å²) < 4.78 is 18.5. The first-order valence-corrected chi connectivity index (χ1v) is 10.6. The summed E-state index contributed by atoms with van der Waals surface area (Å²) in [5.74, 6) is -0.176. The Hall–Kier alpha value is -2.84. The number of aryl methyl sites for hydroxylation is 2. The molecule has 4 rings (SSSR count). The van der Waals surface area contributed by atoms with Gasteiger partial charge in [-0.25, -0.2) is 14.4 Å². The predicted molar refractivity (Wildman–Crippen MR) is 116 cm³/mol. The second-order valence-electron chi connectivity index (χ2n) is 6.53. The van der Waals surface area contributed by atoms with Crippen LogP contribution in [0.3, 0.4) is 0 Å². The molecule has 2 aromatic heterocycles. The van der Waals surface area contributed by atoms with Gasteiger partial charge in [0.25, 0.3) is 0 Å². The van der Waals surface area contributed by atoms with Crippen molar-refractivity contribution in [2.24, 2.45) is 0 Å². The van der Waals surface area contributed by atoms with Gasteiger partial charge in [-0.05, 0) is 72.9 Å². The van der Waals surface area contributed by atoms with Crippen molar-refractivity contribution >= 4 is 45.1 Å². The SMILES string of the molecule is Cc1ccc(NC(=O)CSc2ncnc3c(-c4ccc(F)cc4)nsc23)cc1C. The number of thioether (sulfide) groups is 1. The molecule has 29 heavy (non-hydrogen) atoms. The fraction of sp³-hybridized carbons (Fsp3) is 0.143. The number of halogens is 1. The lowest BCUT2D eigenvalue weighted by Crippen LogP contribution is -2.14. The van der Waals surface area contributed by atoms with E-state index in [0.29, 0.717) is 16.2 Å². The highest BCUT2D eigenvalue weighted by molar-refractivity contribution is 8.00. The molecule has 0 aliphatic heterocycles. The summed E-state index contributed by atoms with van der Waals surface area (Å²) in [6.45, 7) is 4.05. The number of carbonyl (C=O) groups is 1. The molecular formula is C21H17FN4OS2. The van der Waals surface area contributed by atoms with E-state index in [1.807, 2.05) is 32.0 Å². The summed E-state index contributed by atoms with van der Waals surface area (Å²) in [5.41, 5.74) is 5.28. The minimum Gasteiger partial charge on any atom is -0.325 e. The second-order valence-corrected chi connectivity index (χ2v) is 8.27. The van der Waals surface area contributed by atoms with E-state index in [2.05, 4.69) is 19.7 Å². The van der Waals surface area contributed by atoms with Crippen LogP contribution >= 0.6 is 23.3 Å². The molecule has 0 aliphatic carbocycles. The average Bonchev–Trinajstić information content (AvgIpc) is 3.14. The Kier molecular flexibility index (Phi) is 5.55. The fourth-order valence-electron chi connectivity index (χ4n) is 2.79. The number of hydrogen-bond donors (Lipinski definition) is 1. The van der Waals surface area contributed by atoms with Crippen molar-refractivity contribution in [2.75, 3.05) is 11.1 Å². The van der Waals surface area contributed by atoms with Gasteiger partial charge in [0, 0.05) is 11.3 Å². The van der Waals surface area contributed by atoms with Crippen LogP contribution in [0.5, 0.6) is 0 Å². The molecule has 0 fully saturated rings. The number of amides is 1. The highest BCUT2D eigenvalue weighted by atomic mass is 32.2. The van der Waals surface area contributed by atoms with Crippen LogP contribution in [0, 0.1) is 19.7 Å². The summed E-state index contributed by atoms with van der Waals surface area (Å²) in [7, 11) is 0. The molecule has 0 radical (unpaired) electrons. The number of benzene rings is 2. The molecule has 1 amide bonds. The number of carbonyl (C=O) groups excluding carboxylic acids is 1. The molecule has 0 aliphatic rings. The van der Waals surface area contributed by atoms with Crippen LogP contribution in [-0.4, -0.2) is 26.0 Å². The Morgan fingerprint density at radius 2 is 1.90 bits per heavy atom. The minimum atomic E-state index is -0.297. The van der Waals surface area contributed by atoms with Crippen LogP contribution in [0.2, 0.25) is 0 Å². The Balaban J connectivity index is 1.50. The number of fused-ring (bicyclic) bond motifs is 1. The summed E-state index contributed by atoms with van der Waals surface area (Å²) >= 11 is 2.62. The standard InChI is InChI=1S/C21H17FN4OS2/c1-12-3-8-16(9-13(12)2)25-17(27)10-28-21-20-19(23-11-24-21)18(26-29-20)14-4-6-15(22)7-5-14/h3-9,11H,10H2,1-2H3,(H,25,27). The van der Waals surface area contributed by atoms with Crippen molar-refractivity contribution in [3.8, 4) is 11.3 Å². The molecule has 2 heterocycles. The third-order valence-corrected chi connectivity index (χ3v) is 6.43. The quantitative estimate of drug-likeness (QED) is 0.350. The van der Waals surface area contributed by atoms with E-state index < -0.39 is 0 Å². The number of aromatic nitrogens is 3. The minimum absolute atomic E-state index is 0.103. The van der Waals surface area contributed by atoms with E-state index in [0.717, 1.165) is 21.5 Å². The smallest absolute Gasteiger partial charge is 0.234 e. The van der Waals surface area contributed by atoms with Gasteiger partial charge in [0.2, 0.25) is 5.91 Å². The highest BCUT2D eigenvalue weighted by Gasteiger charge is 2.15. The molecule has 0 unspecified atom stereocenters. The molecule has 2 aromatic carbocycles. The first-order chi connectivity index (χ1) is 14.0. The first-order valence-electron chi connectivity index (χ1n) is 8.87. The monoisotopic (exact) mass is 424 g/mol. The summed E-state index contributed by atoms with van der Waals surface area (Å²) in [6.07, 6.45) is 1.47. The third kappa shape index (κ3) is 4.28. The van der Waals surface area contributed by atoms with E-state index >= 15 is 0 Å². The summed E-state index contributed by atoms with van der Waals surface area (Å²) in [5, 5.41) is 3.62. The lowest BCUT2D eigenvalue weighted by atomic mass is 10.1. The van der Waals surface area contributed by atoms with Crippen LogP contribution in [0.4, 0.5) is 10.1 Å². The molecule has 146 valence electrons. The summed E-state index contributed by atoms with van der Waals surface area (Å²) in [6, 6.07) is 12.0. The van der Waals surface area contributed by atoms with Crippen LogP contribution < -0.4 is 5.32 Å². The topological polar surface area (TPSA) is 67.8 Å². The number of nitrogens with one attached hydrogen (secondary N) is 1. The largest absolute Gasteiger partial charge is 0.325 e. The fourth-order valence-corrected chi connectivity index (χ4v) is 4.51. The number of rotatable bonds is 5. The molecule has 0 bridgehead atoms. The molecule has 0 saturated carbocycles. The second kappa shape index (κ2) is 8.26. The Bertz CT molecular complexity index is 1190. The normalized spacial score (nSPS) is 11.0. The third-order valence-electron chi connectivity index (χ3n) is 4.47. The predicted octanol–water partition coefficient (Wildman–Crippen LogP) is 5.24. The van der Waals surface area contributed by atoms with Crippen molar-refractivity contribution < 1.29 is 9.18 Å². The van der Waals surface area contributed by atoms with Gasteiger partial charge >= 0.3 is 0 Å². The van der Waals surface area contributed by atoms with Crippen LogP contribution in [0.15, 0.2) is 53.8 Å². The van der Waals surface area contributed by atoms with Crippen molar-refractivity contribution in [3.63, 3.8) is 0 Å². The first kappa shape index (κ1) is 19.5.